The van der Waals surface area contributed by atoms with Gasteiger partial charge in [-0.1, -0.05) is 6.07 Å². The van der Waals surface area contributed by atoms with Crippen LogP contribution in [0.5, 0.6) is 5.75 Å². The van der Waals surface area contributed by atoms with Crippen LogP contribution >= 0.6 is 0 Å². The van der Waals surface area contributed by atoms with Crippen molar-refractivity contribution >= 4 is 0 Å². The number of ether oxygens (including phenoxy) is 1. The second-order valence-electron chi connectivity index (χ2n) is 4.04. The molecular formula is C14H13F2NO2. The predicted octanol–water partition coefficient (Wildman–Crippen LogP) is 2.74. The molecule has 0 saturated heterocycles. The van der Waals surface area contributed by atoms with Crippen molar-refractivity contribution in [1.82, 2.24) is 4.98 Å². The van der Waals surface area contributed by atoms with Crippen LogP contribution in [0.15, 0.2) is 30.3 Å². The number of rotatable bonds is 4. The van der Waals surface area contributed by atoms with Crippen LogP contribution in [0.1, 0.15) is 17.0 Å². The number of nitrogens with zero attached hydrogens (tertiary/aromatic N) is 1. The van der Waals surface area contributed by atoms with E-state index in [1.807, 2.05) is 0 Å². The van der Waals surface area contributed by atoms with Gasteiger partial charge in [0.2, 0.25) is 0 Å². The molecule has 0 aliphatic heterocycles. The third-order valence-corrected chi connectivity index (χ3v) is 2.66. The highest BCUT2D eigenvalue weighted by atomic mass is 19.1. The van der Waals surface area contributed by atoms with Gasteiger partial charge in [0.15, 0.2) is 0 Å². The number of aromatic nitrogens is 1. The van der Waals surface area contributed by atoms with Crippen LogP contribution in [-0.4, -0.2) is 10.1 Å². The van der Waals surface area contributed by atoms with Crippen molar-refractivity contribution in [3.8, 4) is 5.75 Å². The Kier molecular flexibility index (Phi) is 4.06. The molecule has 0 fully saturated rings. The number of pyridine rings is 1. The summed E-state index contributed by atoms with van der Waals surface area (Å²) in [6.45, 7) is 1.23. The minimum atomic E-state index is -0.661. The van der Waals surface area contributed by atoms with E-state index in [1.165, 1.54) is 18.2 Å². The van der Waals surface area contributed by atoms with Gasteiger partial charge < -0.3 is 9.84 Å². The molecule has 2 rings (SSSR count). The Morgan fingerprint density at radius 1 is 1.16 bits per heavy atom. The minimum absolute atomic E-state index is 0.146. The summed E-state index contributed by atoms with van der Waals surface area (Å²) in [5.41, 5.74) is 0.928. The smallest absolute Gasteiger partial charge is 0.143 e. The van der Waals surface area contributed by atoms with E-state index in [-0.39, 0.29) is 18.8 Å². The third-order valence-electron chi connectivity index (χ3n) is 2.66. The highest BCUT2D eigenvalue weighted by molar-refractivity contribution is 5.29. The molecule has 0 saturated carbocycles. The van der Waals surface area contributed by atoms with Crippen molar-refractivity contribution in [1.29, 1.82) is 0 Å². The largest absolute Gasteiger partial charge is 0.487 e. The molecule has 1 heterocycles. The van der Waals surface area contributed by atoms with Gasteiger partial charge in [0.05, 0.1) is 12.2 Å². The lowest BCUT2D eigenvalue weighted by Gasteiger charge is -2.11. The highest BCUT2D eigenvalue weighted by Gasteiger charge is 2.11. The van der Waals surface area contributed by atoms with Gasteiger partial charge in [0, 0.05) is 5.69 Å². The molecular weight excluding hydrogens is 252 g/mol. The van der Waals surface area contributed by atoms with Crippen molar-refractivity contribution in [2.24, 2.45) is 0 Å². The summed E-state index contributed by atoms with van der Waals surface area (Å²) < 4.78 is 32.2. The zero-order valence-corrected chi connectivity index (χ0v) is 10.4. The lowest BCUT2D eigenvalue weighted by atomic mass is 10.2. The fourth-order valence-corrected chi connectivity index (χ4v) is 1.66. The van der Waals surface area contributed by atoms with Gasteiger partial charge in [-0.05, 0) is 31.2 Å². The van der Waals surface area contributed by atoms with Crippen molar-refractivity contribution in [3.63, 3.8) is 0 Å². The molecule has 0 spiro atoms. The molecule has 0 bridgehead atoms. The van der Waals surface area contributed by atoms with Crippen molar-refractivity contribution in [2.45, 2.75) is 20.1 Å². The number of aryl methyl sites for hydroxylation is 1. The molecule has 0 unspecified atom stereocenters. The Morgan fingerprint density at radius 2 is 1.84 bits per heavy atom. The number of aliphatic hydroxyl groups excluding tert-OH is 1. The maximum atomic E-state index is 13.4. The minimum Gasteiger partial charge on any atom is -0.487 e. The second kappa shape index (κ2) is 5.75. The van der Waals surface area contributed by atoms with Crippen LogP contribution < -0.4 is 4.74 Å². The fourth-order valence-electron chi connectivity index (χ4n) is 1.66. The van der Waals surface area contributed by atoms with E-state index < -0.39 is 11.6 Å². The van der Waals surface area contributed by atoms with E-state index >= 15 is 0 Å². The first-order valence-electron chi connectivity index (χ1n) is 5.75. The van der Waals surface area contributed by atoms with Gasteiger partial charge in [-0.3, -0.25) is 4.98 Å². The molecule has 0 amide bonds. The second-order valence-corrected chi connectivity index (χ2v) is 4.04. The van der Waals surface area contributed by atoms with E-state index in [9.17, 15) is 8.78 Å². The van der Waals surface area contributed by atoms with E-state index in [1.54, 1.807) is 19.1 Å². The topological polar surface area (TPSA) is 42.4 Å². The van der Waals surface area contributed by atoms with E-state index in [0.29, 0.717) is 11.4 Å². The van der Waals surface area contributed by atoms with Crippen molar-refractivity contribution in [3.05, 3.63) is 58.9 Å². The summed E-state index contributed by atoms with van der Waals surface area (Å²) in [4.78, 5) is 4.09. The first-order valence-corrected chi connectivity index (χ1v) is 5.75. The number of halogens is 2. The molecule has 0 aliphatic carbocycles. The number of hydrogen-bond acceptors (Lipinski definition) is 3. The monoisotopic (exact) mass is 265 g/mol. The van der Waals surface area contributed by atoms with Crippen LogP contribution in [0.4, 0.5) is 8.78 Å². The predicted molar refractivity (Wildman–Crippen MR) is 65.6 cm³/mol. The zero-order chi connectivity index (χ0) is 13.8. The van der Waals surface area contributed by atoms with Gasteiger partial charge in [-0.25, -0.2) is 8.78 Å². The van der Waals surface area contributed by atoms with Gasteiger partial charge in [-0.2, -0.15) is 0 Å². The maximum Gasteiger partial charge on any atom is 0.143 e. The molecule has 0 atom stereocenters. The standard InChI is InChI=1S/C14H13F2NO2/c1-9-5-6-14(13(7-18)17-9)19-8-10-11(15)3-2-4-12(10)16/h2-6,18H,7-8H2,1H3. The summed E-state index contributed by atoms with van der Waals surface area (Å²) >= 11 is 0. The van der Waals surface area contributed by atoms with E-state index in [2.05, 4.69) is 4.98 Å². The number of aliphatic hydroxyl groups is 1. The number of benzene rings is 1. The van der Waals surface area contributed by atoms with Crippen LogP contribution in [0.2, 0.25) is 0 Å². The molecule has 1 aromatic carbocycles. The third kappa shape index (κ3) is 3.06. The average Bonchev–Trinajstić information content (AvgIpc) is 2.39. The summed E-state index contributed by atoms with van der Waals surface area (Å²) in [5.74, 6) is -1.01. The van der Waals surface area contributed by atoms with Crippen LogP contribution in [0.25, 0.3) is 0 Å². The average molecular weight is 265 g/mol. The number of hydrogen-bond donors (Lipinski definition) is 1. The molecule has 2 aromatic rings. The van der Waals surface area contributed by atoms with E-state index in [0.717, 1.165) is 5.69 Å². The Hall–Kier alpha value is -2.01. The van der Waals surface area contributed by atoms with Crippen molar-refractivity contribution < 1.29 is 18.6 Å². The summed E-state index contributed by atoms with van der Waals surface area (Å²) in [7, 11) is 0. The maximum absolute atomic E-state index is 13.4. The van der Waals surface area contributed by atoms with E-state index in [4.69, 9.17) is 9.84 Å². The lowest BCUT2D eigenvalue weighted by Crippen LogP contribution is -2.05. The Labute approximate surface area is 109 Å². The summed E-state index contributed by atoms with van der Waals surface area (Å²) in [5, 5.41) is 9.16. The van der Waals surface area contributed by atoms with Gasteiger partial charge in [-0.15, -0.1) is 0 Å². The molecule has 0 radical (unpaired) electrons. The molecule has 100 valence electrons. The zero-order valence-electron chi connectivity index (χ0n) is 10.4. The Bertz CT molecular complexity index is 567. The van der Waals surface area contributed by atoms with Crippen LogP contribution in [0, 0.1) is 18.6 Å². The van der Waals surface area contributed by atoms with Crippen LogP contribution in [0.3, 0.4) is 0 Å². The molecule has 0 aliphatic rings. The molecule has 1 aromatic heterocycles. The molecule has 19 heavy (non-hydrogen) atoms. The molecule has 5 heteroatoms. The summed E-state index contributed by atoms with van der Waals surface area (Å²) in [6, 6.07) is 6.95. The first-order chi connectivity index (χ1) is 9.11. The molecule has 3 nitrogen and oxygen atoms in total. The molecule has 1 N–H and O–H groups in total. The summed E-state index contributed by atoms with van der Waals surface area (Å²) in [6.07, 6.45) is 0. The van der Waals surface area contributed by atoms with Gasteiger partial charge in [0.1, 0.15) is 29.7 Å². The van der Waals surface area contributed by atoms with Gasteiger partial charge >= 0.3 is 0 Å². The Balaban J connectivity index is 2.19. The SMILES string of the molecule is Cc1ccc(OCc2c(F)cccc2F)c(CO)n1. The lowest BCUT2D eigenvalue weighted by molar-refractivity contribution is 0.249. The first kappa shape index (κ1) is 13.4. The fraction of sp³-hybridized carbons (Fsp3) is 0.214. The van der Waals surface area contributed by atoms with Gasteiger partial charge in [0.25, 0.3) is 0 Å². The normalized spacial score (nSPS) is 10.5. The highest BCUT2D eigenvalue weighted by Crippen LogP contribution is 2.20. The van der Waals surface area contributed by atoms with Crippen molar-refractivity contribution in [2.75, 3.05) is 0 Å². The quantitative estimate of drug-likeness (QED) is 0.924. The van der Waals surface area contributed by atoms with Crippen LogP contribution in [-0.2, 0) is 13.2 Å². The Morgan fingerprint density at radius 3 is 2.47 bits per heavy atom.